The van der Waals surface area contributed by atoms with Gasteiger partial charge in [-0.15, -0.1) is 0 Å². The number of carbonyl (C=O) groups is 1. The van der Waals surface area contributed by atoms with Gasteiger partial charge in [-0.2, -0.15) is 11.3 Å². The van der Waals surface area contributed by atoms with Crippen molar-refractivity contribution in [2.24, 2.45) is 0 Å². The Kier molecular flexibility index (Phi) is 3.79. The molecule has 3 heterocycles. The summed E-state index contributed by atoms with van der Waals surface area (Å²) in [5.74, 6) is 0.607. The number of pyridine rings is 1. The van der Waals surface area contributed by atoms with Crippen LogP contribution in [0.25, 0.3) is 11.3 Å². The Morgan fingerprint density at radius 3 is 3.05 bits per heavy atom. The van der Waals surface area contributed by atoms with Gasteiger partial charge in [0.2, 0.25) is 0 Å². The third-order valence-corrected chi connectivity index (χ3v) is 3.71. The van der Waals surface area contributed by atoms with Gasteiger partial charge in [0, 0.05) is 36.5 Å². The molecule has 0 unspecified atom stereocenters. The molecule has 0 aliphatic heterocycles. The van der Waals surface area contributed by atoms with Crippen LogP contribution in [-0.2, 0) is 6.54 Å². The number of hydrogen-bond acceptors (Lipinski definition) is 5. The molecule has 0 aliphatic rings. The zero-order chi connectivity index (χ0) is 14.7. The second-order valence-corrected chi connectivity index (χ2v) is 5.37. The van der Waals surface area contributed by atoms with Crippen LogP contribution in [0.15, 0.2) is 51.9 Å². The lowest BCUT2D eigenvalue weighted by atomic mass is 10.2. The first-order chi connectivity index (χ1) is 10.2. The fourth-order valence-electron chi connectivity index (χ4n) is 1.95. The third kappa shape index (κ3) is 3.00. The van der Waals surface area contributed by atoms with Crippen LogP contribution in [0, 0.1) is 0 Å². The molecule has 0 fully saturated rings. The second kappa shape index (κ2) is 5.88. The van der Waals surface area contributed by atoms with Gasteiger partial charge in [-0.25, -0.2) is 0 Å². The molecular formula is C15H13N3O2S. The third-order valence-electron chi connectivity index (χ3n) is 3.02. The van der Waals surface area contributed by atoms with E-state index in [1.54, 1.807) is 24.3 Å². The highest BCUT2D eigenvalue weighted by atomic mass is 32.1. The van der Waals surface area contributed by atoms with Crippen LogP contribution in [0.3, 0.4) is 0 Å². The quantitative estimate of drug-likeness (QED) is 0.743. The van der Waals surface area contributed by atoms with Crippen molar-refractivity contribution in [1.82, 2.24) is 15.0 Å². The molecule has 5 nitrogen and oxygen atoms in total. The van der Waals surface area contributed by atoms with E-state index in [0.717, 1.165) is 11.3 Å². The fraction of sp³-hybridized carbons (Fsp3) is 0.133. The predicted octanol–water partition coefficient (Wildman–Crippen LogP) is 3.07. The Morgan fingerprint density at radius 1 is 1.43 bits per heavy atom. The summed E-state index contributed by atoms with van der Waals surface area (Å²) in [5, 5.41) is 7.73. The molecule has 0 radical (unpaired) electrons. The van der Waals surface area contributed by atoms with Crippen molar-refractivity contribution in [3.63, 3.8) is 0 Å². The first-order valence-electron chi connectivity index (χ1n) is 6.37. The van der Waals surface area contributed by atoms with Crippen LogP contribution in [0.2, 0.25) is 0 Å². The zero-order valence-corrected chi connectivity index (χ0v) is 12.2. The van der Waals surface area contributed by atoms with Crippen LogP contribution in [0.1, 0.15) is 16.1 Å². The summed E-state index contributed by atoms with van der Waals surface area (Å²) in [5.41, 5.74) is 2.29. The molecule has 3 rings (SSSR count). The molecule has 0 atom stereocenters. The Labute approximate surface area is 125 Å². The summed E-state index contributed by atoms with van der Waals surface area (Å²) in [6, 6.07) is 7.39. The molecule has 0 aliphatic carbocycles. The lowest BCUT2D eigenvalue weighted by Crippen LogP contribution is -2.25. The summed E-state index contributed by atoms with van der Waals surface area (Å²) < 4.78 is 5.29. The zero-order valence-electron chi connectivity index (χ0n) is 11.4. The van der Waals surface area contributed by atoms with Gasteiger partial charge in [-0.05, 0) is 23.6 Å². The Morgan fingerprint density at radius 2 is 2.33 bits per heavy atom. The maximum atomic E-state index is 12.1. The van der Waals surface area contributed by atoms with E-state index in [2.05, 4.69) is 10.1 Å². The number of nitrogens with zero attached hydrogens (tertiary/aromatic N) is 3. The summed E-state index contributed by atoms with van der Waals surface area (Å²) >= 11 is 1.50. The standard InChI is InChI=1S/C15H13N3O2S/c1-18(15(19)12-4-6-21-10-12)9-13-7-14(17-20-13)11-3-2-5-16-8-11/h2-8,10H,9H2,1H3. The normalized spacial score (nSPS) is 10.5. The van der Waals surface area contributed by atoms with E-state index < -0.39 is 0 Å². The Bertz CT molecular complexity index is 722. The van der Waals surface area contributed by atoms with Crippen molar-refractivity contribution >= 4 is 17.2 Å². The van der Waals surface area contributed by atoms with Gasteiger partial charge in [-0.1, -0.05) is 5.16 Å². The summed E-state index contributed by atoms with van der Waals surface area (Å²) in [7, 11) is 1.74. The van der Waals surface area contributed by atoms with Crippen LogP contribution in [0.4, 0.5) is 0 Å². The average molecular weight is 299 g/mol. The van der Waals surface area contributed by atoms with Crippen molar-refractivity contribution < 1.29 is 9.32 Å². The molecule has 1 amide bonds. The molecule has 0 N–H and O–H groups in total. The minimum Gasteiger partial charge on any atom is -0.359 e. The molecule has 106 valence electrons. The van der Waals surface area contributed by atoms with Crippen LogP contribution in [-0.4, -0.2) is 28.0 Å². The minimum absolute atomic E-state index is 0.0319. The average Bonchev–Trinajstić information content (AvgIpc) is 3.19. The lowest BCUT2D eigenvalue weighted by Gasteiger charge is -2.13. The summed E-state index contributed by atoms with van der Waals surface area (Å²) in [4.78, 5) is 17.8. The van der Waals surface area contributed by atoms with Gasteiger partial charge in [0.1, 0.15) is 5.69 Å². The molecule has 6 heteroatoms. The minimum atomic E-state index is -0.0319. The number of amides is 1. The van der Waals surface area contributed by atoms with Gasteiger partial charge >= 0.3 is 0 Å². The Balaban J connectivity index is 1.71. The topological polar surface area (TPSA) is 59.2 Å². The molecular weight excluding hydrogens is 286 g/mol. The highest BCUT2D eigenvalue weighted by molar-refractivity contribution is 7.08. The highest BCUT2D eigenvalue weighted by Crippen LogP contribution is 2.19. The van der Waals surface area contributed by atoms with Crippen LogP contribution in [0.5, 0.6) is 0 Å². The second-order valence-electron chi connectivity index (χ2n) is 4.59. The number of rotatable bonds is 4. The molecule has 0 saturated heterocycles. The SMILES string of the molecule is CN(Cc1cc(-c2cccnc2)no1)C(=O)c1ccsc1. The predicted molar refractivity (Wildman–Crippen MR) is 79.9 cm³/mol. The molecule has 0 bridgehead atoms. The maximum absolute atomic E-state index is 12.1. The lowest BCUT2D eigenvalue weighted by molar-refractivity contribution is 0.0773. The first kappa shape index (κ1) is 13.5. The van der Waals surface area contributed by atoms with E-state index in [1.807, 2.05) is 35.0 Å². The van der Waals surface area contributed by atoms with E-state index in [9.17, 15) is 4.79 Å². The fourth-order valence-corrected chi connectivity index (χ4v) is 2.58. The molecule has 0 aromatic carbocycles. The summed E-state index contributed by atoms with van der Waals surface area (Å²) in [6.07, 6.45) is 3.43. The van der Waals surface area contributed by atoms with E-state index in [1.165, 1.54) is 11.3 Å². The van der Waals surface area contributed by atoms with E-state index in [-0.39, 0.29) is 5.91 Å². The molecule has 3 aromatic heterocycles. The molecule has 0 saturated carbocycles. The van der Waals surface area contributed by atoms with Crippen molar-refractivity contribution in [3.05, 3.63) is 58.7 Å². The largest absolute Gasteiger partial charge is 0.359 e. The van der Waals surface area contributed by atoms with Gasteiger partial charge in [0.05, 0.1) is 12.1 Å². The van der Waals surface area contributed by atoms with Crippen molar-refractivity contribution in [2.45, 2.75) is 6.54 Å². The van der Waals surface area contributed by atoms with Gasteiger partial charge in [-0.3, -0.25) is 9.78 Å². The maximum Gasteiger partial charge on any atom is 0.254 e. The summed E-state index contributed by atoms with van der Waals surface area (Å²) in [6.45, 7) is 0.377. The molecule has 21 heavy (non-hydrogen) atoms. The van der Waals surface area contributed by atoms with Gasteiger partial charge in [0.25, 0.3) is 5.91 Å². The Hall–Kier alpha value is -2.47. The van der Waals surface area contributed by atoms with Crippen molar-refractivity contribution in [3.8, 4) is 11.3 Å². The monoisotopic (exact) mass is 299 g/mol. The van der Waals surface area contributed by atoms with Crippen LogP contribution >= 0.6 is 11.3 Å². The number of aromatic nitrogens is 2. The molecule has 3 aromatic rings. The van der Waals surface area contributed by atoms with Gasteiger partial charge < -0.3 is 9.42 Å². The van der Waals surface area contributed by atoms with E-state index in [0.29, 0.717) is 17.9 Å². The first-order valence-corrected chi connectivity index (χ1v) is 7.32. The van der Waals surface area contributed by atoms with Crippen LogP contribution < -0.4 is 0 Å². The molecule has 0 spiro atoms. The number of hydrogen-bond donors (Lipinski definition) is 0. The van der Waals surface area contributed by atoms with E-state index in [4.69, 9.17) is 4.52 Å². The van der Waals surface area contributed by atoms with E-state index >= 15 is 0 Å². The smallest absolute Gasteiger partial charge is 0.254 e. The highest BCUT2D eigenvalue weighted by Gasteiger charge is 2.15. The number of carbonyl (C=O) groups excluding carboxylic acids is 1. The van der Waals surface area contributed by atoms with Gasteiger partial charge in [0.15, 0.2) is 5.76 Å². The van der Waals surface area contributed by atoms with Crippen molar-refractivity contribution in [2.75, 3.05) is 7.05 Å². The number of thiophene rings is 1. The van der Waals surface area contributed by atoms with Crippen molar-refractivity contribution in [1.29, 1.82) is 0 Å².